The van der Waals surface area contributed by atoms with E-state index >= 15 is 0 Å². The molecule has 6 heteroatoms. The molecule has 1 aromatic rings. The zero-order chi connectivity index (χ0) is 9.42. The van der Waals surface area contributed by atoms with Gasteiger partial charge in [0.2, 0.25) is 0 Å². The van der Waals surface area contributed by atoms with E-state index in [1.165, 1.54) is 0 Å². The average molecular weight is 263 g/mol. The van der Waals surface area contributed by atoms with Gasteiger partial charge in [0.25, 0.3) is 5.56 Å². The lowest BCUT2D eigenvalue weighted by Gasteiger charge is -2.17. The van der Waals surface area contributed by atoms with E-state index < -0.39 is 0 Å². The predicted octanol–water partition coefficient (Wildman–Crippen LogP) is 0.546. The van der Waals surface area contributed by atoms with Crippen LogP contribution < -0.4 is 11.2 Å². The quantitative estimate of drug-likeness (QED) is 0.743. The lowest BCUT2D eigenvalue weighted by Crippen LogP contribution is -2.35. The molecule has 0 radical (unpaired) electrons. The summed E-state index contributed by atoms with van der Waals surface area (Å²) < 4.78 is 2.10. The van der Waals surface area contributed by atoms with Crippen molar-refractivity contribution in [2.45, 2.75) is 12.3 Å². The summed E-state index contributed by atoms with van der Waals surface area (Å²) in [6.07, 6.45) is 0. The summed E-state index contributed by atoms with van der Waals surface area (Å²) in [6.45, 7) is 0.675. The van der Waals surface area contributed by atoms with Gasteiger partial charge >= 0.3 is 5.69 Å². The van der Waals surface area contributed by atoms with Crippen molar-refractivity contribution in [3.8, 4) is 0 Å². The first kappa shape index (κ1) is 9.08. The molecule has 13 heavy (non-hydrogen) atoms. The number of nitrogens with one attached hydrogen (secondary N) is 1. The molecule has 0 saturated heterocycles. The smallest absolute Gasteiger partial charge is 0.295 e. The lowest BCUT2D eigenvalue weighted by molar-refractivity contribution is 0.654. The van der Waals surface area contributed by atoms with Crippen molar-refractivity contribution in [3.63, 3.8) is 0 Å². The molecule has 0 aromatic carbocycles. The Kier molecular flexibility index (Phi) is 2.33. The fourth-order valence-corrected chi connectivity index (χ4v) is 2.88. The molecule has 1 aromatic heterocycles. The summed E-state index contributed by atoms with van der Waals surface area (Å²) in [4.78, 5) is 24.8. The van der Waals surface area contributed by atoms with Crippen LogP contribution in [0.25, 0.3) is 0 Å². The summed E-state index contributed by atoms with van der Waals surface area (Å²) in [5, 5.41) is 0. The van der Waals surface area contributed by atoms with Crippen LogP contribution in [0.5, 0.6) is 0 Å². The van der Waals surface area contributed by atoms with Crippen LogP contribution in [0.2, 0.25) is 0 Å². The SMILES string of the molecule is O=c1[nH]c(=O)n2c(c1Br)CSCC2. The van der Waals surface area contributed by atoms with Gasteiger partial charge in [0, 0.05) is 18.1 Å². The van der Waals surface area contributed by atoms with E-state index in [9.17, 15) is 9.59 Å². The number of halogens is 1. The van der Waals surface area contributed by atoms with Crippen molar-refractivity contribution >= 4 is 27.7 Å². The van der Waals surface area contributed by atoms with Gasteiger partial charge in [0.05, 0.1) is 5.69 Å². The fraction of sp³-hybridized carbons (Fsp3) is 0.429. The highest BCUT2D eigenvalue weighted by molar-refractivity contribution is 9.10. The zero-order valence-electron chi connectivity index (χ0n) is 6.67. The highest BCUT2D eigenvalue weighted by Gasteiger charge is 2.15. The van der Waals surface area contributed by atoms with Crippen LogP contribution in [0.15, 0.2) is 14.1 Å². The molecule has 2 heterocycles. The topological polar surface area (TPSA) is 54.9 Å². The molecule has 2 rings (SSSR count). The van der Waals surface area contributed by atoms with E-state index in [1.807, 2.05) is 0 Å². The number of fused-ring (bicyclic) bond motifs is 1. The van der Waals surface area contributed by atoms with Crippen LogP contribution in [-0.4, -0.2) is 15.3 Å². The minimum absolute atomic E-state index is 0.302. The van der Waals surface area contributed by atoms with Gasteiger partial charge in [-0.05, 0) is 15.9 Å². The number of aromatic amines is 1. The van der Waals surface area contributed by atoms with Gasteiger partial charge in [-0.2, -0.15) is 11.8 Å². The third kappa shape index (κ3) is 1.48. The summed E-state index contributed by atoms with van der Waals surface area (Å²) >= 11 is 4.91. The number of aromatic nitrogens is 2. The molecule has 0 atom stereocenters. The van der Waals surface area contributed by atoms with Crippen molar-refractivity contribution in [2.24, 2.45) is 0 Å². The highest BCUT2D eigenvalue weighted by Crippen LogP contribution is 2.21. The summed E-state index contributed by atoms with van der Waals surface area (Å²) in [5.74, 6) is 1.64. The van der Waals surface area contributed by atoms with Crippen LogP contribution in [0.3, 0.4) is 0 Å². The third-order valence-electron chi connectivity index (χ3n) is 1.94. The van der Waals surface area contributed by atoms with Gasteiger partial charge in [0.1, 0.15) is 4.47 Å². The van der Waals surface area contributed by atoms with Gasteiger partial charge < -0.3 is 0 Å². The van der Waals surface area contributed by atoms with Crippen LogP contribution in [-0.2, 0) is 12.3 Å². The Bertz CT molecular complexity index is 451. The van der Waals surface area contributed by atoms with Crippen LogP contribution in [0, 0.1) is 0 Å². The molecule has 4 nitrogen and oxygen atoms in total. The van der Waals surface area contributed by atoms with Crippen LogP contribution in [0.1, 0.15) is 5.69 Å². The second kappa shape index (κ2) is 3.34. The van der Waals surface area contributed by atoms with Gasteiger partial charge in [-0.3, -0.25) is 14.3 Å². The first-order valence-corrected chi connectivity index (χ1v) is 5.74. The largest absolute Gasteiger partial charge is 0.328 e. The normalized spacial score (nSPS) is 15.5. The first-order chi connectivity index (χ1) is 6.20. The summed E-state index contributed by atoms with van der Waals surface area (Å²) in [6, 6.07) is 0. The number of hydrogen-bond acceptors (Lipinski definition) is 3. The Labute approximate surface area is 86.5 Å². The maximum atomic E-state index is 11.3. The standard InChI is InChI=1S/C7H7BrN2O2S/c8-5-4-3-13-2-1-10(4)7(12)9-6(5)11/h1-3H2,(H,9,11,12). The number of hydrogen-bond donors (Lipinski definition) is 1. The number of nitrogens with zero attached hydrogens (tertiary/aromatic N) is 1. The predicted molar refractivity (Wildman–Crippen MR) is 55.2 cm³/mol. The van der Waals surface area contributed by atoms with Gasteiger partial charge in [-0.15, -0.1) is 0 Å². The first-order valence-electron chi connectivity index (χ1n) is 3.79. The van der Waals surface area contributed by atoms with Crippen molar-refractivity contribution in [1.82, 2.24) is 9.55 Å². The highest BCUT2D eigenvalue weighted by atomic mass is 79.9. The number of thioether (sulfide) groups is 1. The zero-order valence-corrected chi connectivity index (χ0v) is 9.07. The Morgan fingerprint density at radius 3 is 3.00 bits per heavy atom. The number of rotatable bonds is 0. The van der Waals surface area contributed by atoms with E-state index in [0.29, 0.717) is 11.0 Å². The molecule has 1 aliphatic heterocycles. The van der Waals surface area contributed by atoms with Crippen molar-refractivity contribution in [2.75, 3.05) is 5.75 Å². The molecule has 70 valence electrons. The van der Waals surface area contributed by atoms with E-state index in [-0.39, 0.29) is 11.2 Å². The van der Waals surface area contributed by atoms with Crippen molar-refractivity contribution in [1.29, 1.82) is 0 Å². The average Bonchev–Trinajstić information content (AvgIpc) is 2.15. The van der Waals surface area contributed by atoms with Gasteiger partial charge in [-0.25, -0.2) is 4.79 Å². The van der Waals surface area contributed by atoms with E-state index in [1.54, 1.807) is 16.3 Å². The maximum Gasteiger partial charge on any atom is 0.328 e. The second-order valence-corrected chi connectivity index (χ2v) is 4.62. The summed E-state index contributed by atoms with van der Waals surface area (Å²) in [7, 11) is 0. The lowest BCUT2D eigenvalue weighted by atomic mass is 10.4. The Morgan fingerprint density at radius 1 is 1.46 bits per heavy atom. The molecule has 0 unspecified atom stereocenters. The Balaban J connectivity index is 2.77. The van der Waals surface area contributed by atoms with Crippen LogP contribution in [0.4, 0.5) is 0 Å². The Hall–Kier alpha value is -0.490. The number of H-pyrrole nitrogens is 1. The molecular formula is C7H7BrN2O2S. The van der Waals surface area contributed by atoms with Gasteiger partial charge in [-0.1, -0.05) is 0 Å². The molecule has 0 spiro atoms. The molecule has 0 saturated carbocycles. The maximum absolute atomic E-state index is 11.3. The second-order valence-electron chi connectivity index (χ2n) is 2.72. The Morgan fingerprint density at radius 2 is 2.23 bits per heavy atom. The summed E-state index contributed by atoms with van der Waals surface area (Å²) in [5.41, 5.74) is 0.159. The molecule has 0 aliphatic carbocycles. The van der Waals surface area contributed by atoms with Gasteiger partial charge in [0.15, 0.2) is 0 Å². The molecule has 0 bridgehead atoms. The fourth-order valence-electron chi connectivity index (χ4n) is 1.29. The minimum Gasteiger partial charge on any atom is -0.295 e. The monoisotopic (exact) mass is 262 g/mol. The van der Waals surface area contributed by atoms with E-state index in [4.69, 9.17) is 0 Å². The minimum atomic E-state index is -0.334. The molecule has 1 aliphatic rings. The van der Waals surface area contributed by atoms with E-state index in [2.05, 4.69) is 20.9 Å². The van der Waals surface area contributed by atoms with Crippen molar-refractivity contribution in [3.05, 3.63) is 31.0 Å². The van der Waals surface area contributed by atoms with Crippen LogP contribution >= 0.6 is 27.7 Å². The molecule has 1 N–H and O–H groups in total. The van der Waals surface area contributed by atoms with E-state index in [0.717, 1.165) is 17.2 Å². The third-order valence-corrected chi connectivity index (χ3v) is 3.71. The molecule has 0 fully saturated rings. The molecule has 0 amide bonds. The molecular weight excluding hydrogens is 256 g/mol. The van der Waals surface area contributed by atoms with Crippen molar-refractivity contribution < 1.29 is 0 Å².